The van der Waals surface area contributed by atoms with Gasteiger partial charge < -0.3 is 5.11 Å². The molecule has 0 aliphatic heterocycles. The van der Waals surface area contributed by atoms with Gasteiger partial charge in [0.1, 0.15) is 5.47 Å². The molecule has 0 spiro atoms. The fraction of sp³-hybridized carbons (Fsp3) is 0.889. The van der Waals surface area contributed by atoms with Gasteiger partial charge >= 0.3 is 0 Å². The Morgan fingerprint density at radius 2 is 1.77 bits per heavy atom. The fourth-order valence-corrected chi connectivity index (χ4v) is 2.39. The van der Waals surface area contributed by atoms with Crippen LogP contribution in [-0.4, -0.2) is 27.6 Å². The third-order valence-electron chi connectivity index (χ3n) is 1.90. The average molecular weight is 202 g/mol. The number of rotatable bonds is 4. The lowest BCUT2D eigenvalue weighted by molar-refractivity contribution is -0.0640. The largest absolute Gasteiger partial charge is 0.371 e. The molecule has 0 aromatic heterocycles. The van der Waals surface area contributed by atoms with Gasteiger partial charge in [-0.05, 0) is 27.7 Å². The molecule has 0 aromatic carbocycles. The van der Waals surface area contributed by atoms with Gasteiger partial charge in [-0.3, -0.25) is 4.90 Å². The average Bonchev–Trinajstić information content (AvgIpc) is 1.82. The van der Waals surface area contributed by atoms with Gasteiger partial charge in [0, 0.05) is 12.1 Å². The summed E-state index contributed by atoms with van der Waals surface area (Å²) in [5.74, 6) is 0. The van der Waals surface area contributed by atoms with Crippen molar-refractivity contribution in [2.45, 2.75) is 51.7 Å². The molecule has 0 aliphatic rings. The zero-order chi connectivity index (χ0) is 10.6. The van der Waals surface area contributed by atoms with Crippen LogP contribution in [0.15, 0.2) is 0 Å². The van der Waals surface area contributed by atoms with Crippen molar-refractivity contribution in [2.24, 2.45) is 0 Å². The Balaban J connectivity index is 4.64. The molecule has 0 saturated heterocycles. The first-order chi connectivity index (χ1) is 5.83. The standard InChI is InChI=1S/C9H19N2OP/c1-7(2)11(8(3)4)9(12,13)5-6-10/h7-8,12H,5,13H2,1-4H3. The highest BCUT2D eigenvalue weighted by atomic mass is 31.0. The molecular weight excluding hydrogens is 183 g/mol. The van der Waals surface area contributed by atoms with Crippen LogP contribution in [-0.2, 0) is 0 Å². The SMILES string of the molecule is CC(C)N(C(C)C)C(O)(P)CC#N. The first-order valence-electron chi connectivity index (χ1n) is 4.49. The summed E-state index contributed by atoms with van der Waals surface area (Å²) in [5.41, 5.74) is -1.10. The molecule has 4 heteroatoms. The molecule has 3 nitrogen and oxygen atoms in total. The number of nitriles is 1. The van der Waals surface area contributed by atoms with Crippen molar-refractivity contribution in [3.05, 3.63) is 0 Å². The van der Waals surface area contributed by atoms with Gasteiger partial charge in [-0.1, -0.05) is 9.24 Å². The summed E-state index contributed by atoms with van der Waals surface area (Å²) in [6.07, 6.45) is 0.105. The molecule has 0 saturated carbocycles. The fourth-order valence-electron chi connectivity index (χ4n) is 1.70. The third kappa shape index (κ3) is 3.60. The number of nitrogens with zero attached hydrogens (tertiary/aromatic N) is 2. The zero-order valence-electron chi connectivity index (χ0n) is 8.78. The van der Waals surface area contributed by atoms with E-state index < -0.39 is 5.47 Å². The Hall–Kier alpha value is -0.160. The maximum Gasteiger partial charge on any atom is 0.145 e. The second kappa shape index (κ2) is 4.91. The van der Waals surface area contributed by atoms with E-state index in [2.05, 4.69) is 9.24 Å². The van der Waals surface area contributed by atoms with Crippen LogP contribution in [0.2, 0.25) is 0 Å². The summed E-state index contributed by atoms with van der Waals surface area (Å²) in [5, 5.41) is 18.5. The minimum Gasteiger partial charge on any atom is -0.371 e. The van der Waals surface area contributed by atoms with Crippen LogP contribution in [0.4, 0.5) is 0 Å². The number of hydrogen-bond acceptors (Lipinski definition) is 3. The second-order valence-corrected chi connectivity index (χ2v) is 4.73. The lowest BCUT2D eigenvalue weighted by atomic mass is 10.2. The summed E-state index contributed by atoms with van der Waals surface area (Å²) in [7, 11) is 2.35. The summed E-state index contributed by atoms with van der Waals surface area (Å²) < 4.78 is 0. The van der Waals surface area contributed by atoms with E-state index >= 15 is 0 Å². The molecule has 0 rings (SSSR count). The first-order valence-corrected chi connectivity index (χ1v) is 5.07. The molecule has 0 fully saturated rings. The van der Waals surface area contributed by atoms with E-state index in [0.717, 1.165) is 0 Å². The molecule has 0 amide bonds. The Kier molecular flexibility index (Phi) is 4.85. The van der Waals surface area contributed by atoms with Crippen LogP contribution in [0, 0.1) is 11.3 Å². The van der Waals surface area contributed by atoms with E-state index in [4.69, 9.17) is 5.26 Å². The summed E-state index contributed by atoms with van der Waals surface area (Å²) in [4.78, 5) is 1.90. The van der Waals surface area contributed by atoms with Crippen LogP contribution in [0.1, 0.15) is 34.1 Å². The molecule has 0 heterocycles. The van der Waals surface area contributed by atoms with Crippen LogP contribution in [0.5, 0.6) is 0 Å². The number of aliphatic hydroxyl groups is 1. The van der Waals surface area contributed by atoms with Crippen molar-refractivity contribution in [1.82, 2.24) is 4.90 Å². The predicted molar refractivity (Wildman–Crippen MR) is 57.0 cm³/mol. The molecule has 0 radical (unpaired) electrons. The smallest absolute Gasteiger partial charge is 0.145 e. The van der Waals surface area contributed by atoms with Gasteiger partial charge in [0.25, 0.3) is 0 Å². The van der Waals surface area contributed by atoms with Gasteiger partial charge in [-0.15, -0.1) is 0 Å². The molecule has 0 aliphatic carbocycles. The highest BCUT2D eigenvalue weighted by Crippen LogP contribution is 2.28. The van der Waals surface area contributed by atoms with E-state index in [1.807, 2.05) is 38.7 Å². The predicted octanol–water partition coefficient (Wildman–Crippen LogP) is 1.54. The van der Waals surface area contributed by atoms with Crippen molar-refractivity contribution >= 4 is 9.24 Å². The first kappa shape index (κ1) is 12.8. The Morgan fingerprint density at radius 1 is 1.38 bits per heavy atom. The lowest BCUT2D eigenvalue weighted by Gasteiger charge is -2.41. The topological polar surface area (TPSA) is 47.3 Å². The van der Waals surface area contributed by atoms with E-state index in [9.17, 15) is 5.11 Å². The van der Waals surface area contributed by atoms with Crippen molar-refractivity contribution < 1.29 is 5.11 Å². The van der Waals surface area contributed by atoms with Crippen molar-refractivity contribution in [2.75, 3.05) is 0 Å². The molecule has 2 unspecified atom stereocenters. The van der Waals surface area contributed by atoms with E-state index in [1.54, 1.807) is 0 Å². The Bertz CT molecular complexity index is 188. The summed E-state index contributed by atoms with van der Waals surface area (Å²) in [6.45, 7) is 8.03. The molecule has 0 bridgehead atoms. The van der Waals surface area contributed by atoms with E-state index in [-0.39, 0.29) is 18.5 Å². The van der Waals surface area contributed by atoms with Crippen LogP contribution < -0.4 is 0 Å². The highest BCUT2D eigenvalue weighted by Gasteiger charge is 2.32. The zero-order valence-corrected chi connectivity index (χ0v) is 9.94. The third-order valence-corrected chi connectivity index (χ3v) is 2.40. The molecule has 13 heavy (non-hydrogen) atoms. The molecule has 0 aromatic rings. The summed E-state index contributed by atoms with van der Waals surface area (Å²) in [6, 6.07) is 2.42. The van der Waals surface area contributed by atoms with E-state index in [1.165, 1.54) is 0 Å². The number of hydrogen-bond donors (Lipinski definition) is 1. The van der Waals surface area contributed by atoms with Crippen LogP contribution in [0.25, 0.3) is 0 Å². The highest BCUT2D eigenvalue weighted by molar-refractivity contribution is 7.18. The molecule has 1 N–H and O–H groups in total. The minimum atomic E-state index is -1.10. The van der Waals surface area contributed by atoms with Gasteiger partial charge in [0.15, 0.2) is 0 Å². The second-order valence-electron chi connectivity index (χ2n) is 3.81. The minimum absolute atomic E-state index is 0.105. The van der Waals surface area contributed by atoms with Crippen molar-refractivity contribution in [1.29, 1.82) is 5.26 Å². The van der Waals surface area contributed by atoms with Gasteiger partial charge in [0.2, 0.25) is 0 Å². The molecular formula is C9H19N2OP. The van der Waals surface area contributed by atoms with Crippen molar-refractivity contribution in [3.8, 4) is 6.07 Å². The molecule has 2 atom stereocenters. The Labute approximate surface area is 82.9 Å². The van der Waals surface area contributed by atoms with Crippen LogP contribution >= 0.6 is 9.24 Å². The van der Waals surface area contributed by atoms with Crippen LogP contribution in [0.3, 0.4) is 0 Å². The lowest BCUT2D eigenvalue weighted by Crippen LogP contribution is -2.51. The monoisotopic (exact) mass is 202 g/mol. The maximum atomic E-state index is 9.98. The normalized spacial score (nSPS) is 16.3. The van der Waals surface area contributed by atoms with Gasteiger partial charge in [-0.2, -0.15) is 5.26 Å². The van der Waals surface area contributed by atoms with E-state index in [0.29, 0.717) is 0 Å². The Morgan fingerprint density at radius 3 is 2.00 bits per heavy atom. The van der Waals surface area contributed by atoms with Gasteiger partial charge in [-0.25, -0.2) is 0 Å². The quantitative estimate of drug-likeness (QED) is 0.555. The van der Waals surface area contributed by atoms with Gasteiger partial charge in [0.05, 0.1) is 12.5 Å². The summed E-state index contributed by atoms with van der Waals surface area (Å²) >= 11 is 0. The van der Waals surface area contributed by atoms with Crippen molar-refractivity contribution in [3.63, 3.8) is 0 Å². The maximum absolute atomic E-state index is 9.98. The molecule has 76 valence electrons.